The van der Waals surface area contributed by atoms with Gasteiger partial charge in [0, 0.05) is 12.0 Å². The van der Waals surface area contributed by atoms with E-state index in [2.05, 4.69) is 19.1 Å². The molecule has 0 aliphatic carbocycles. The zero-order chi connectivity index (χ0) is 14.5. The molecule has 0 saturated carbocycles. The minimum Gasteiger partial charge on any atom is -0.496 e. The fourth-order valence-electron chi connectivity index (χ4n) is 2.17. The monoisotopic (exact) mass is 268 g/mol. The summed E-state index contributed by atoms with van der Waals surface area (Å²) in [6, 6.07) is 13.8. The van der Waals surface area contributed by atoms with E-state index in [1.54, 1.807) is 7.11 Å². The molecule has 0 atom stereocenters. The first kappa shape index (κ1) is 14.3. The Balaban J connectivity index is 2.14. The summed E-state index contributed by atoms with van der Waals surface area (Å²) >= 11 is 0. The maximum atomic E-state index is 12.3. The topological polar surface area (TPSA) is 26.3 Å². The van der Waals surface area contributed by atoms with Crippen LogP contribution in [0.2, 0.25) is 0 Å². The molecule has 0 aliphatic heterocycles. The number of ether oxygens (including phenoxy) is 1. The summed E-state index contributed by atoms with van der Waals surface area (Å²) in [5.41, 5.74) is 4.08. The molecule has 0 unspecified atom stereocenters. The Hall–Kier alpha value is -2.09. The molecule has 0 radical (unpaired) electrons. The lowest BCUT2D eigenvalue weighted by Gasteiger charge is -2.07. The van der Waals surface area contributed by atoms with Gasteiger partial charge in [-0.25, -0.2) is 0 Å². The number of carbonyl (C=O) groups is 1. The van der Waals surface area contributed by atoms with Gasteiger partial charge in [-0.05, 0) is 36.1 Å². The van der Waals surface area contributed by atoms with Crippen molar-refractivity contribution >= 4 is 5.78 Å². The van der Waals surface area contributed by atoms with Crippen LogP contribution < -0.4 is 4.74 Å². The predicted molar refractivity (Wildman–Crippen MR) is 81.6 cm³/mol. The van der Waals surface area contributed by atoms with Crippen LogP contribution in [0.3, 0.4) is 0 Å². The molecule has 0 bridgehead atoms. The molecule has 2 heteroatoms. The first-order chi connectivity index (χ1) is 9.63. The van der Waals surface area contributed by atoms with Gasteiger partial charge in [-0.1, -0.05) is 43.3 Å². The number of carbonyl (C=O) groups excluding carboxylic acids is 1. The smallest absolute Gasteiger partial charge is 0.167 e. The summed E-state index contributed by atoms with van der Waals surface area (Å²) in [7, 11) is 1.63. The zero-order valence-electron chi connectivity index (χ0n) is 12.3. The van der Waals surface area contributed by atoms with Crippen LogP contribution in [-0.2, 0) is 12.8 Å². The Morgan fingerprint density at radius 2 is 1.70 bits per heavy atom. The van der Waals surface area contributed by atoms with Crippen molar-refractivity contribution in [3.05, 3.63) is 64.7 Å². The van der Waals surface area contributed by atoms with E-state index in [-0.39, 0.29) is 5.78 Å². The van der Waals surface area contributed by atoms with E-state index >= 15 is 0 Å². The van der Waals surface area contributed by atoms with Crippen LogP contribution >= 0.6 is 0 Å². The van der Waals surface area contributed by atoms with Crippen molar-refractivity contribution in [3.8, 4) is 5.75 Å². The summed E-state index contributed by atoms with van der Waals surface area (Å²) in [6.45, 7) is 4.09. The van der Waals surface area contributed by atoms with E-state index in [0.717, 1.165) is 23.3 Å². The number of Topliss-reactive ketones (excluding diaryl/α,β-unsaturated/α-hetero) is 1. The van der Waals surface area contributed by atoms with E-state index in [0.29, 0.717) is 12.0 Å². The minimum absolute atomic E-state index is 0.118. The highest BCUT2D eigenvalue weighted by atomic mass is 16.5. The summed E-state index contributed by atoms with van der Waals surface area (Å²) in [6.07, 6.45) is 1.44. The summed E-state index contributed by atoms with van der Waals surface area (Å²) in [4.78, 5) is 12.3. The molecule has 0 amide bonds. The second kappa shape index (κ2) is 6.38. The second-order valence-electron chi connectivity index (χ2n) is 4.95. The maximum Gasteiger partial charge on any atom is 0.167 e. The highest BCUT2D eigenvalue weighted by Crippen LogP contribution is 2.20. The SMILES string of the molecule is CCc1ccc(CC(=O)c2ccc(C)c(OC)c2)cc1. The first-order valence-corrected chi connectivity index (χ1v) is 6.89. The van der Waals surface area contributed by atoms with Crippen molar-refractivity contribution in [2.75, 3.05) is 7.11 Å². The van der Waals surface area contributed by atoms with Crippen LogP contribution in [0.4, 0.5) is 0 Å². The average Bonchev–Trinajstić information content (AvgIpc) is 2.48. The number of ketones is 1. The molecule has 0 aliphatic rings. The largest absolute Gasteiger partial charge is 0.496 e. The van der Waals surface area contributed by atoms with E-state index in [1.165, 1.54) is 5.56 Å². The van der Waals surface area contributed by atoms with Crippen LogP contribution in [0.1, 0.15) is 34.0 Å². The molecular formula is C18H20O2. The normalized spacial score (nSPS) is 10.3. The summed E-state index contributed by atoms with van der Waals surface area (Å²) in [5, 5.41) is 0. The van der Waals surface area contributed by atoms with Crippen LogP contribution in [0.15, 0.2) is 42.5 Å². The molecule has 104 valence electrons. The van der Waals surface area contributed by atoms with Crippen molar-refractivity contribution in [3.63, 3.8) is 0 Å². The number of methoxy groups -OCH3 is 1. The maximum absolute atomic E-state index is 12.3. The highest BCUT2D eigenvalue weighted by molar-refractivity contribution is 5.98. The van der Waals surface area contributed by atoms with Crippen molar-refractivity contribution in [2.45, 2.75) is 26.7 Å². The number of aryl methyl sites for hydroxylation is 2. The second-order valence-corrected chi connectivity index (χ2v) is 4.95. The molecule has 2 nitrogen and oxygen atoms in total. The summed E-state index contributed by atoms with van der Waals surface area (Å²) in [5.74, 6) is 0.879. The minimum atomic E-state index is 0.118. The van der Waals surface area contributed by atoms with E-state index < -0.39 is 0 Å². The van der Waals surface area contributed by atoms with Crippen LogP contribution in [-0.4, -0.2) is 12.9 Å². The Kier molecular flexibility index (Phi) is 4.57. The van der Waals surface area contributed by atoms with E-state index in [9.17, 15) is 4.79 Å². The van der Waals surface area contributed by atoms with Crippen molar-refractivity contribution in [1.29, 1.82) is 0 Å². The number of rotatable bonds is 5. The lowest BCUT2D eigenvalue weighted by molar-refractivity contribution is 0.0992. The third kappa shape index (κ3) is 3.27. The molecule has 0 N–H and O–H groups in total. The van der Waals surface area contributed by atoms with Crippen LogP contribution in [0, 0.1) is 6.92 Å². The molecule has 0 fully saturated rings. The molecule has 2 aromatic carbocycles. The summed E-state index contributed by atoms with van der Waals surface area (Å²) < 4.78 is 5.26. The van der Waals surface area contributed by atoms with E-state index in [4.69, 9.17) is 4.74 Å². The van der Waals surface area contributed by atoms with Crippen LogP contribution in [0.5, 0.6) is 5.75 Å². The third-order valence-corrected chi connectivity index (χ3v) is 3.53. The zero-order valence-corrected chi connectivity index (χ0v) is 12.3. The Labute approximate surface area is 120 Å². The molecule has 2 aromatic rings. The Morgan fingerprint density at radius 1 is 1.05 bits per heavy atom. The van der Waals surface area contributed by atoms with Gasteiger partial charge >= 0.3 is 0 Å². The lowest BCUT2D eigenvalue weighted by atomic mass is 10.0. The molecule has 0 saturated heterocycles. The van der Waals surface area contributed by atoms with Crippen molar-refractivity contribution in [1.82, 2.24) is 0 Å². The first-order valence-electron chi connectivity index (χ1n) is 6.89. The van der Waals surface area contributed by atoms with Gasteiger partial charge in [0.1, 0.15) is 5.75 Å². The fraction of sp³-hybridized carbons (Fsp3) is 0.278. The molecule has 0 heterocycles. The average molecular weight is 268 g/mol. The van der Waals surface area contributed by atoms with Gasteiger partial charge in [0.15, 0.2) is 5.78 Å². The van der Waals surface area contributed by atoms with Gasteiger partial charge in [-0.15, -0.1) is 0 Å². The molecular weight excluding hydrogens is 248 g/mol. The third-order valence-electron chi connectivity index (χ3n) is 3.53. The van der Waals surface area contributed by atoms with Gasteiger partial charge in [0.25, 0.3) is 0 Å². The Morgan fingerprint density at radius 3 is 2.30 bits per heavy atom. The quantitative estimate of drug-likeness (QED) is 0.766. The van der Waals surface area contributed by atoms with E-state index in [1.807, 2.05) is 37.3 Å². The standard InChI is InChI=1S/C18H20O2/c1-4-14-6-8-15(9-7-14)11-17(19)16-10-5-13(2)18(12-16)20-3/h5-10,12H,4,11H2,1-3H3. The molecule has 0 spiro atoms. The van der Waals surface area contributed by atoms with Crippen molar-refractivity contribution in [2.24, 2.45) is 0 Å². The Bertz CT molecular complexity index is 597. The lowest BCUT2D eigenvalue weighted by Crippen LogP contribution is -2.04. The van der Waals surface area contributed by atoms with Gasteiger partial charge in [0.2, 0.25) is 0 Å². The molecule has 20 heavy (non-hydrogen) atoms. The number of hydrogen-bond acceptors (Lipinski definition) is 2. The molecule has 0 aromatic heterocycles. The fourth-order valence-corrected chi connectivity index (χ4v) is 2.17. The molecule has 2 rings (SSSR count). The van der Waals surface area contributed by atoms with Crippen molar-refractivity contribution < 1.29 is 9.53 Å². The number of hydrogen-bond donors (Lipinski definition) is 0. The van der Waals surface area contributed by atoms with Crippen LogP contribution in [0.25, 0.3) is 0 Å². The van der Waals surface area contributed by atoms with Gasteiger partial charge in [-0.2, -0.15) is 0 Å². The highest BCUT2D eigenvalue weighted by Gasteiger charge is 2.09. The predicted octanol–water partition coefficient (Wildman–Crippen LogP) is 3.99. The van der Waals surface area contributed by atoms with Gasteiger partial charge < -0.3 is 4.74 Å². The number of benzene rings is 2. The van der Waals surface area contributed by atoms with Gasteiger partial charge in [0.05, 0.1) is 7.11 Å². The van der Waals surface area contributed by atoms with Gasteiger partial charge in [-0.3, -0.25) is 4.79 Å².